The molecular weight excluding hydrogens is 324 g/mol. The number of carbonyl (C=O) groups excluding carboxylic acids is 1. The summed E-state index contributed by atoms with van der Waals surface area (Å²) in [5.41, 5.74) is 3.09. The Bertz CT molecular complexity index is 833. The second-order valence-electron chi connectivity index (χ2n) is 5.88. The van der Waals surface area contributed by atoms with E-state index in [0.717, 1.165) is 21.7 Å². The first-order chi connectivity index (χ1) is 11.2. The molecule has 2 aromatic rings. The van der Waals surface area contributed by atoms with Crippen molar-refractivity contribution in [1.82, 2.24) is 0 Å². The van der Waals surface area contributed by atoms with Gasteiger partial charge in [-0.2, -0.15) is 0 Å². The Morgan fingerprint density at radius 1 is 1.08 bits per heavy atom. The fourth-order valence-corrected chi connectivity index (χ4v) is 3.67. The molecule has 0 aliphatic heterocycles. The largest absolute Gasteiger partial charge is 0.324 e. The van der Waals surface area contributed by atoms with Gasteiger partial charge in [0.2, 0.25) is 15.9 Å². The van der Waals surface area contributed by atoms with Crippen molar-refractivity contribution in [2.75, 3.05) is 15.9 Å². The molecule has 2 aromatic carbocycles. The number of nitrogens with zero attached hydrogens (tertiary/aromatic N) is 1. The lowest BCUT2D eigenvalue weighted by Gasteiger charge is -2.28. The van der Waals surface area contributed by atoms with E-state index >= 15 is 0 Å². The van der Waals surface area contributed by atoms with Crippen LogP contribution < -0.4 is 9.62 Å². The number of aryl methyl sites for hydroxylation is 2. The normalized spacial score (nSPS) is 12.5. The average Bonchev–Trinajstić information content (AvgIpc) is 2.50. The Morgan fingerprint density at radius 2 is 1.71 bits per heavy atom. The number of hydrogen-bond acceptors (Lipinski definition) is 3. The molecule has 0 aliphatic rings. The van der Waals surface area contributed by atoms with Crippen molar-refractivity contribution < 1.29 is 13.2 Å². The summed E-state index contributed by atoms with van der Waals surface area (Å²) in [6, 6.07) is 13.5. The molecule has 0 saturated heterocycles. The highest BCUT2D eigenvalue weighted by atomic mass is 32.2. The molecule has 0 spiro atoms. The van der Waals surface area contributed by atoms with Crippen LogP contribution in [0.15, 0.2) is 48.5 Å². The lowest BCUT2D eigenvalue weighted by Crippen LogP contribution is -2.45. The number of anilines is 2. The summed E-state index contributed by atoms with van der Waals surface area (Å²) in [7, 11) is -3.60. The third kappa shape index (κ3) is 4.14. The van der Waals surface area contributed by atoms with Crippen molar-refractivity contribution in [1.29, 1.82) is 0 Å². The second kappa shape index (κ2) is 7.05. The number of hydrogen-bond donors (Lipinski definition) is 1. The van der Waals surface area contributed by atoms with Gasteiger partial charge < -0.3 is 5.32 Å². The summed E-state index contributed by atoms with van der Waals surface area (Å²) in [5, 5.41) is 2.83. The van der Waals surface area contributed by atoms with Gasteiger partial charge >= 0.3 is 0 Å². The third-order valence-corrected chi connectivity index (χ3v) is 4.99. The zero-order chi connectivity index (χ0) is 17.9. The molecule has 0 aromatic heterocycles. The van der Waals surface area contributed by atoms with E-state index in [1.165, 1.54) is 0 Å². The van der Waals surface area contributed by atoms with Crippen LogP contribution in [0.1, 0.15) is 18.1 Å². The zero-order valence-corrected chi connectivity index (χ0v) is 15.1. The summed E-state index contributed by atoms with van der Waals surface area (Å²) in [6.45, 7) is 5.41. The highest BCUT2D eigenvalue weighted by molar-refractivity contribution is 7.92. The smallest absolute Gasteiger partial charge is 0.248 e. The summed E-state index contributed by atoms with van der Waals surface area (Å²) in [6.07, 6.45) is 1.10. The van der Waals surface area contributed by atoms with E-state index < -0.39 is 16.1 Å². The van der Waals surface area contributed by atoms with E-state index in [1.807, 2.05) is 32.0 Å². The van der Waals surface area contributed by atoms with Crippen molar-refractivity contribution in [3.8, 4) is 0 Å². The molecule has 0 saturated carbocycles. The highest BCUT2D eigenvalue weighted by Crippen LogP contribution is 2.22. The summed E-state index contributed by atoms with van der Waals surface area (Å²) < 4.78 is 25.5. The van der Waals surface area contributed by atoms with Crippen molar-refractivity contribution in [3.63, 3.8) is 0 Å². The van der Waals surface area contributed by atoms with Gasteiger partial charge in [-0.25, -0.2) is 8.42 Å². The second-order valence-corrected chi connectivity index (χ2v) is 7.74. The molecule has 0 radical (unpaired) electrons. The number of benzene rings is 2. The maximum atomic E-state index is 12.6. The molecule has 0 aliphatic carbocycles. The van der Waals surface area contributed by atoms with E-state index in [4.69, 9.17) is 0 Å². The Labute approximate surface area is 143 Å². The van der Waals surface area contributed by atoms with Gasteiger partial charge in [-0.15, -0.1) is 0 Å². The quantitative estimate of drug-likeness (QED) is 0.905. The van der Waals surface area contributed by atoms with Gasteiger partial charge in [-0.1, -0.05) is 30.3 Å². The van der Waals surface area contributed by atoms with E-state index in [1.54, 1.807) is 37.3 Å². The average molecular weight is 346 g/mol. The van der Waals surface area contributed by atoms with Crippen molar-refractivity contribution in [3.05, 3.63) is 59.7 Å². The van der Waals surface area contributed by atoms with Crippen molar-refractivity contribution in [2.24, 2.45) is 0 Å². The fourth-order valence-electron chi connectivity index (χ4n) is 2.49. The van der Waals surface area contributed by atoms with Gasteiger partial charge in [-0.05, 0) is 50.1 Å². The molecule has 1 unspecified atom stereocenters. The molecular formula is C18H22N2O3S. The van der Waals surface area contributed by atoms with Crippen LogP contribution in [0.2, 0.25) is 0 Å². The number of nitrogens with one attached hydrogen (secondary N) is 1. The van der Waals surface area contributed by atoms with E-state index in [0.29, 0.717) is 11.4 Å². The number of amides is 1. The van der Waals surface area contributed by atoms with Crippen LogP contribution >= 0.6 is 0 Å². The molecule has 24 heavy (non-hydrogen) atoms. The monoisotopic (exact) mass is 346 g/mol. The molecule has 1 amide bonds. The Balaban J connectivity index is 2.31. The summed E-state index contributed by atoms with van der Waals surface area (Å²) in [4.78, 5) is 12.6. The zero-order valence-electron chi connectivity index (χ0n) is 14.3. The van der Waals surface area contributed by atoms with Gasteiger partial charge in [0.15, 0.2) is 0 Å². The first kappa shape index (κ1) is 18.0. The minimum atomic E-state index is -3.60. The van der Waals surface area contributed by atoms with Crippen LogP contribution in [-0.2, 0) is 14.8 Å². The molecule has 0 heterocycles. The predicted molar refractivity (Wildman–Crippen MR) is 97.8 cm³/mol. The van der Waals surface area contributed by atoms with Gasteiger partial charge in [0.25, 0.3) is 0 Å². The maximum Gasteiger partial charge on any atom is 0.248 e. The molecule has 1 N–H and O–H groups in total. The van der Waals surface area contributed by atoms with Crippen LogP contribution in [0.5, 0.6) is 0 Å². The first-order valence-electron chi connectivity index (χ1n) is 7.62. The van der Waals surface area contributed by atoms with Crippen molar-refractivity contribution >= 4 is 27.3 Å². The van der Waals surface area contributed by atoms with Gasteiger partial charge in [-0.3, -0.25) is 9.10 Å². The third-order valence-electron chi connectivity index (χ3n) is 3.75. The van der Waals surface area contributed by atoms with Crippen molar-refractivity contribution in [2.45, 2.75) is 26.8 Å². The van der Waals surface area contributed by atoms with Crippen LogP contribution in [0.3, 0.4) is 0 Å². The predicted octanol–water partition coefficient (Wildman–Crippen LogP) is 3.10. The molecule has 6 heteroatoms. The molecule has 2 rings (SSSR count). The van der Waals surface area contributed by atoms with E-state index in [-0.39, 0.29) is 5.91 Å². The summed E-state index contributed by atoms with van der Waals surface area (Å²) >= 11 is 0. The van der Waals surface area contributed by atoms with Gasteiger partial charge in [0.05, 0.1) is 11.9 Å². The Kier molecular flexibility index (Phi) is 5.29. The van der Waals surface area contributed by atoms with Gasteiger partial charge in [0.1, 0.15) is 6.04 Å². The lowest BCUT2D eigenvalue weighted by molar-refractivity contribution is -0.116. The van der Waals surface area contributed by atoms with Crippen LogP contribution in [0, 0.1) is 13.8 Å². The highest BCUT2D eigenvalue weighted by Gasteiger charge is 2.29. The summed E-state index contributed by atoms with van der Waals surface area (Å²) in [5.74, 6) is -0.377. The topological polar surface area (TPSA) is 66.5 Å². The Morgan fingerprint density at radius 3 is 2.29 bits per heavy atom. The number of sulfonamides is 1. The van der Waals surface area contributed by atoms with Crippen LogP contribution in [-0.4, -0.2) is 26.6 Å². The van der Waals surface area contributed by atoms with Crippen LogP contribution in [0.4, 0.5) is 11.4 Å². The number of rotatable bonds is 5. The minimum absolute atomic E-state index is 0.377. The maximum absolute atomic E-state index is 12.6. The van der Waals surface area contributed by atoms with Gasteiger partial charge in [0, 0.05) is 5.69 Å². The lowest BCUT2D eigenvalue weighted by atomic mass is 10.1. The minimum Gasteiger partial charge on any atom is -0.324 e. The fraction of sp³-hybridized carbons (Fsp3) is 0.278. The SMILES string of the molecule is Cc1ccc(C)c(NC(=O)C(C)N(c2ccccc2)S(C)(=O)=O)c1. The molecule has 1 atom stereocenters. The van der Waals surface area contributed by atoms with E-state index in [9.17, 15) is 13.2 Å². The van der Waals surface area contributed by atoms with E-state index in [2.05, 4.69) is 5.32 Å². The first-order valence-corrected chi connectivity index (χ1v) is 9.47. The van der Waals surface area contributed by atoms with Crippen LogP contribution in [0.25, 0.3) is 0 Å². The molecule has 0 fully saturated rings. The number of carbonyl (C=O) groups is 1. The molecule has 0 bridgehead atoms. The number of para-hydroxylation sites is 1. The standard InChI is InChI=1S/C18H22N2O3S/c1-13-10-11-14(2)17(12-13)19-18(21)15(3)20(24(4,22)23)16-8-6-5-7-9-16/h5-12,15H,1-4H3,(H,19,21). The molecule has 5 nitrogen and oxygen atoms in total. The molecule has 128 valence electrons. The Hall–Kier alpha value is -2.34.